The first kappa shape index (κ1) is 11.5. The molecular weight excluding hydrogens is 254 g/mol. The van der Waals surface area contributed by atoms with Crippen molar-refractivity contribution in [2.24, 2.45) is 5.41 Å². The van der Waals surface area contributed by atoms with Crippen LogP contribution in [-0.2, 0) is 6.54 Å². The van der Waals surface area contributed by atoms with Crippen LogP contribution in [0.3, 0.4) is 0 Å². The molecule has 2 aromatic heterocycles. The Hall–Kier alpha value is -0.580. The second-order valence-electron chi connectivity index (χ2n) is 4.87. The van der Waals surface area contributed by atoms with Gasteiger partial charge in [0.15, 0.2) is 4.96 Å². The number of fused-ring (bicyclic) bond motifs is 1. The molecule has 0 radical (unpaired) electrons. The average molecular weight is 270 g/mol. The van der Waals surface area contributed by atoms with Gasteiger partial charge in [-0.25, -0.2) is 4.98 Å². The molecule has 0 spiro atoms. The van der Waals surface area contributed by atoms with E-state index in [9.17, 15) is 0 Å². The molecule has 0 aliphatic heterocycles. The van der Waals surface area contributed by atoms with Gasteiger partial charge in [0.25, 0.3) is 0 Å². The topological polar surface area (TPSA) is 29.3 Å². The van der Waals surface area contributed by atoms with Crippen LogP contribution in [0.1, 0.15) is 25.0 Å². The fourth-order valence-corrected chi connectivity index (χ4v) is 3.33. The number of nitrogens with one attached hydrogen (secondary N) is 1. The van der Waals surface area contributed by atoms with Crippen molar-refractivity contribution in [2.45, 2.75) is 25.8 Å². The summed E-state index contributed by atoms with van der Waals surface area (Å²) in [7, 11) is 0. The molecule has 1 aliphatic carbocycles. The Morgan fingerprint density at radius 3 is 3.12 bits per heavy atom. The number of alkyl halides is 1. The monoisotopic (exact) mass is 269 g/mol. The maximum Gasteiger partial charge on any atom is 0.193 e. The van der Waals surface area contributed by atoms with Crippen LogP contribution >= 0.6 is 22.9 Å². The van der Waals surface area contributed by atoms with Crippen LogP contribution in [0, 0.1) is 5.41 Å². The Bertz CT molecular complexity index is 472. The highest BCUT2D eigenvalue weighted by Crippen LogP contribution is 2.48. The number of imidazole rings is 1. The van der Waals surface area contributed by atoms with Gasteiger partial charge in [-0.1, -0.05) is 0 Å². The van der Waals surface area contributed by atoms with E-state index in [4.69, 9.17) is 11.6 Å². The SMILES string of the molecule is ClCCC1(CNCc2cn3ccsc3n2)CC1. The largest absolute Gasteiger partial charge is 0.311 e. The number of hydrogen-bond donors (Lipinski definition) is 1. The lowest BCUT2D eigenvalue weighted by molar-refractivity contribution is 0.444. The maximum atomic E-state index is 5.82. The molecule has 0 atom stereocenters. The summed E-state index contributed by atoms with van der Waals surface area (Å²) in [6.07, 6.45) is 7.93. The predicted molar refractivity (Wildman–Crippen MR) is 71.8 cm³/mol. The van der Waals surface area contributed by atoms with E-state index in [0.29, 0.717) is 5.41 Å². The number of thiazole rings is 1. The minimum Gasteiger partial charge on any atom is -0.311 e. The first-order valence-corrected chi connectivity index (χ1v) is 7.41. The Morgan fingerprint density at radius 1 is 1.53 bits per heavy atom. The van der Waals surface area contributed by atoms with E-state index >= 15 is 0 Å². The summed E-state index contributed by atoms with van der Waals surface area (Å²) >= 11 is 7.49. The Morgan fingerprint density at radius 2 is 2.41 bits per heavy atom. The quantitative estimate of drug-likeness (QED) is 0.817. The third-order valence-corrected chi connectivity index (χ3v) is 4.49. The molecule has 1 aliphatic rings. The zero-order chi connectivity index (χ0) is 11.7. The average Bonchev–Trinajstić information content (AvgIpc) is 2.75. The molecule has 1 fully saturated rings. The van der Waals surface area contributed by atoms with Crippen LogP contribution < -0.4 is 5.32 Å². The van der Waals surface area contributed by atoms with E-state index in [1.54, 1.807) is 11.3 Å². The summed E-state index contributed by atoms with van der Waals surface area (Å²) in [6.45, 7) is 1.93. The van der Waals surface area contributed by atoms with Crippen molar-refractivity contribution in [3.63, 3.8) is 0 Å². The number of halogens is 1. The minimum atomic E-state index is 0.499. The predicted octanol–water partition coefficient (Wildman–Crippen LogP) is 2.89. The summed E-state index contributed by atoms with van der Waals surface area (Å²) in [5, 5.41) is 5.56. The van der Waals surface area contributed by atoms with Gasteiger partial charge in [0, 0.05) is 36.7 Å². The van der Waals surface area contributed by atoms with Gasteiger partial charge in [0.1, 0.15) is 0 Å². The molecule has 2 aromatic rings. The van der Waals surface area contributed by atoms with E-state index in [1.165, 1.54) is 12.8 Å². The number of aromatic nitrogens is 2. The molecule has 5 heteroatoms. The van der Waals surface area contributed by atoms with E-state index in [1.807, 2.05) is 6.20 Å². The van der Waals surface area contributed by atoms with E-state index in [-0.39, 0.29) is 0 Å². The van der Waals surface area contributed by atoms with Crippen molar-refractivity contribution in [2.75, 3.05) is 12.4 Å². The maximum absolute atomic E-state index is 5.82. The molecule has 92 valence electrons. The number of rotatable bonds is 6. The molecular formula is C12H16ClN3S. The highest BCUT2D eigenvalue weighted by atomic mass is 35.5. The summed E-state index contributed by atoms with van der Waals surface area (Å²) in [5.74, 6) is 0.780. The highest BCUT2D eigenvalue weighted by Gasteiger charge is 2.41. The van der Waals surface area contributed by atoms with E-state index in [2.05, 4.69) is 26.3 Å². The van der Waals surface area contributed by atoms with Gasteiger partial charge < -0.3 is 5.32 Å². The van der Waals surface area contributed by atoms with Crippen LogP contribution in [0.25, 0.3) is 4.96 Å². The van der Waals surface area contributed by atoms with Crippen molar-refractivity contribution in [1.82, 2.24) is 14.7 Å². The first-order chi connectivity index (χ1) is 8.31. The standard InChI is InChI=1S/C12H16ClN3S/c13-4-3-12(1-2-12)9-14-7-10-8-16-5-6-17-11(16)15-10/h5-6,8,14H,1-4,7,9H2. The normalized spacial score (nSPS) is 17.7. The van der Waals surface area contributed by atoms with Gasteiger partial charge in [-0.2, -0.15) is 0 Å². The first-order valence-electron chi connectivity index (χ1n) is 5.99. The van der Waals surface area contributed by atoms with Gasteiger partial charge in [0.2, 0.25) is 0 Å². The van der Waals surface area contributed by atoms with Crippen LogP contribution in [-0.4, -0.2) is 21.8 Å². The van der Waals surface area contributed by atoms with Gasteiger partial charge in [-0.15, -0.1) is 22.9 Å². The van der Waals surface area contributed by atoms with Crippen LogP contribution in [0.4, 0.5) is 0 Å². The lowest BCUT2D eigenvalue weighted by Gasteiger charge is -2.13. The molecule has 17 heavy (non-hydrogen) atoms. The third-order valence-electron chi connectivity index (χ3n) is 3.53. The lowest BCUT2D eigenvalue weighted by Crippen LogP contribution is -2.24. The van der Waals surface area contributed by atoms with E-state index in [0.717, 1.165) is 36.0 Å². The minimum absolute atomic E-state index is 0.499. The van der Waals surface area contributed by atoms with Crippen LogP contribution in [0.2, 0.25) is 0 Å². The molecule has 0 bridgehead atoms. The molecule has 0 unspecified atom stereocenters. The van der Waals surface area contributed by atoms with Crippen LogP contribution in [0.5, 0.6) is 0 Å². The highest BCUT2D eigenvalue weighted by molar-refractivity contribution is 7.15. The second-order valence-corrected chi connectivity index (χ2v) is 6.12. The summed E-state index contributed by atoms with van der Waals surface area (Å²) in [4.78, 5) is 5.62. The second kappa shape index (κ2) is 4.59. The Kier molecular flexibility index (Phi) is 3.11. The summed E-state index contributed by atoms with van der Waals surface area (Å²) in [6, 6.07) is 0. The Balaban J connectivity index is 1.53. The zero-order valence-corrected chi connectivity index (χ0v) is 11.2. The fraction of sp³-hybridized carbons (Fsp3) is 0.583. The molecule has 3 rings (SSSR count). The zero-order valence-electron chi connectivity index (χ0n) is 9.66. The van der Waals surface area contributed by atoms with Crippen molar-refractivity contribution in [1.29, 1.82) is 0 Å². The number of hydrogen-bond acceptors (Lipinski definition) is 3. The molecule has 1 N–H and O–H groups in total. The van der Waals surface area contributed by atoms with Crippen molar-refractivity contribution in [3.05, 3.63) is 23.5 Å². The Labute approximate surface area is 110 Å². The summed E-state index contributed by atoms with van der Waals surface area (Å²) in [5.41, 5.74) is 1.62. The van der Waals surface area contributed by atoms with Crippen molar-refractivity contribution >= 4 is 27.9 Å². The molecule has 0 aromatic carbocycles. The van der Waals surface area contributed by atoms with Crippen molar-refractivity contribution in [3.8, 4) is 0 Å². The molecule has 1 saturated carbocycles. The lowest BCUT2D eigenvalue weighted by atomic mass is 10.0. The summed E-state index contributed by atoms with van der Waals surface area (Å²) < 4.78 is 2.08. The van der Waals surface area contributed by atoms with Gasteiger partial charge >= 0.3 is 0 Å². The fourth-order valence-electron chi connectivity index (χ4n) is 2.21. The van der Waals surface area contributed by atoms with Gasteiger partial charge in [0.05, 0.1) is 5.69 Å². The smallest absolute Gasteiger partial charge is 0.193 e. The third kappa shape index (κ3) is 2.49. The molecule has 3 nitrogen and oxygen atoms in total. The number of nitrogens with zero attached hydrogens (tertiary/aromatic N) is 2. The van der Waals surface area contributed by atoms with Crippen molar-refractivity contribution < 1.29 is 0 Å². The van der Waals surface area contributed by atoms with Gasteiger partial charge in [-0.05, 0) is 24.7 Å². The van der Waals surface area contributed by atoms with Crippen LogP contribution in [0.15, 0.2) is 17.8 Å². The van der Waals surface area contributed by atoms with Gasteiger partial charge in [-0.3, -0.25) is 4.40 Å². The van der Waals surface area contributed by atoms with E-state index < -0.39 is 0 Å². The molecule has 0 saturated heterocycles. The molecule has 0 amide bonds. The molecule has 2 heterocycles.